The van der Waals surface area contributed by atoms with Gasteiger partial charge in [-0.1, -0.05) is 133 Å². The Morgan fingerprint density at radius 2 is 1.34 bits per heavy atom. The molecule has 0 aromatic carbocycles. The van der Waals surface area contributed by atoms with Gasteiger partial charge in [-0.25, -0.2) is 4.57 Å². The van der Waals surface area contributed by atoms with E-state index < -0.39 is 64.5 Å². The lowest BCUT2D eigenvalue weighted by molar-refractivity contribution is -0.161. The predicted molar refractivity (Wildman–Crippen MR) is 232 cm³/mol. The van der Waals surface area contributed by atoms with Gasteiger partial charge in [0.25, 0.3) is 0 Å². The molecule has 338 valence electrons. The number of esters is 2. The van der Waals surface area contributed by atoms with Crippen LogP contribution in [0.5, 0.6) is 0 Å². The molecule has 0 amide bonds. The molecule has 0 aromatic heterocycles. The van der Waals surface area contributed by atoms with Gasteiger partial charge in [0, 0.05) is 18.8 Å². The molecule has 6 atom stereocenters. The molecule has 1 rings (SSSR count). The minimum absolute atomic E-state index is 0.00877. The summed E-state index contributed by atoms with van der Waals surface area (Å²) in [4.78, 5) is 47.5. The van der Waals surface area contributed by atoms with E-state index in [9.17, 15) is 34.1 Å². The van der Waals surface area contributed by atoms with E-state index in [4.69, 9.17) is 19.1 Å². The molecule has 1 aliphatic carbocycles. The topological polar surface area (TPSA) is 186 Å². The summed E-state index contributed by atoms with van der Waals surface area (Å²) in [5, 5.41) is 28.6. The summed E-state index contributed by atoms with van der Waals surface area (Å²) in [6, 6.07) is 0. The van der Waals surface area contributed by atoms with Crippen molar-refractivity contribution in [2.45, 2.75) is 173 Å². The first-order valence-electron chi connectivity index (χ1n) is 22.3. The van der Waals surface area contributed by atoms with Gasteiger partial charge in [0.1, 0.15) is 12.7 Å². The van der Waals surface area contributed by atoms with Crippen LogP contribution in [0.2, 0.25) is 0 Å². The molecule has 1 aliphatic rings. The van der Waals surface area contributed by atoms with Gasteiger partial charge in [-0.3, -0.25) is 23.4 Å². The Balaban J connectivity index is 2.42. The van der Waals surface area contributed by atoms with Crippen LogP contribution in [0, 0.1) is 11.8 Å². The zero-order valence-electron chi connectivity index (χ0n) is 36.0. The van der Waals surface area contributed by atoms with E-state index in [0.29, 0.717) is 32.1 Å². The second-order valence-corrected chi connectivity index (χ2v) is 16.8. The maximum Gasteiger partial charge on any atom is 0.472 e. The van der Waals surface area contributed by atoms with Crippen LogP contribution in [0.3, 0.4) is 0 Å². The number of phosphoric ester groups is 1. The van der Waals surface area contributed by atoms with E-state index in [1.54, 1.807) is 12.2 Å². The molecule has 1 unspecified atom stereocenters. The average Bonchev–Trinajstić information content (AvgIpc) is 3.57. The Hall–Kier alpha value is -2.70. The molecule has 0 aliphatic heterocycles. The van der Waals surface area contributed by atoms with Gasteiger partial charge in [0.05, 0.1) is 25.9 Å². The van der Waals surface area contributed by atoms with Crippen molar-refractivity contribution in [3.8, 4) is 0 Å². The van der Waals surface area contributed by atoms with Crippen LogP contribution >= 0.6 is 7.82 Å². The summed E-state index contributed by atoms with van der Waals surface area (Å²) in [5.74, 6) is -1.35. The zero-order chi connectivity index (χ0) is 43.4. The number of carbonyl (C=O) groups excluding carboxylic acids is 3. The summed E-state index contributed by atoms with van der Waals surface area (Å²) in [6.07, 6.45) is 36.7. The molecule has 0 bridgehead atoms. The fourth-order valence-corrected chi connectivity index (χ4v) is 7.10. The highest BCUT2D eigenvalue weighted by Crippen LogP contribution is 2.43. The van der Waals surface area contributed by atoms with E-state index in [1.807, 2.05) is 24.3 Å². The summed E-state index contributed by atoms with van der Waals surface area (Å²) in [6.45, 7) is 2.01. The molecule has 4 N–H and O–H groups in total. The molecule has 59 heavy (non-hydrogen) atoms. The predicted octanol–water partition coefficient (Wildman–Crippen LogP) is 9.51. The van der Waals surface area contributed by atoms with Gasteiger partial charge >= 0.3 is 19.8 Å². The first-order valence-corrected chi connectivity index (χ1v) is 23.8. The van der Waals surface area contributed by atoms with Gasteiger partial charge < -0.3 is 29.7 Å². The van der Waals surface area contributed by atoms with E-state index >= 15 is 0 Å². The summed E-state index contributed by atoms with van der Waals surface area (Å²) in [5.41, 5.74) is 0. The van der Waals surface area contributed by atoms with Gasteiger partial charge in [-0.2, -0.15) is 0 Å². The van der Waals surface area contributed by atoms with Crippen LogP contribution in [0.15, 0.2) is 60.8 Å². The number of hydrogen-bond donors (Lipinski definition) is 4. The first kappa shape index (κ1) is 54.3. The number of allylic oxidation sites excluding steroid dienone is 9. The maximum atomic E-state index is 12.7. The third-order valence-corrected chi connectivity index (χ3v) is 10.8. The molecule has 0 heterocycles. The number of ketones is 1. The molecule has 12 nitrogen and oxygen atoms in total. The lowest BCUT2D eigenvalue weighted by Crippen LogP contribution is -2.29. The number of phosphoric acid groups is 1. The highest BCUT2D eigenvalue weighted by Gasteiger charge is 2.28. The number of rotatable bonds is 38. The summed E-state index contributed by atoms with van der Waals surface area (Å²) < 4.78 is 32.7. The van der Waals surface area contributed by atoms with E-state index in [0.717, 1.165) is 64.2 Å². The SMILES string of the molecule is CCCCC/C=C\C/C=C\CCCCCCCCCC(=O)O[C@H](COC(=O)CCC/C=C\C[C@H]1C=CC(=O)[C@@H]1/C=C/[C@@H](O)CCCCC)COP(=O)(O)OC[C@@H](O)CO. The third kappa shape index (κ3) is 30.9. The number of hydrogen-bond acceptors (Lipinski definition) is 11. The maximum absolute atomic E-state index is 12.7. The number of carbonyl (C=O) groups is 3. The molecule has 13 heteroatoms. The minimum atomic E-state index is -4.67. The van der Waals surface area contributed by atoms with Crippen LogP contribution in [-0.2, 0) is 37.5 Å². The van der Waals surface area contributed by atoms with Crippen molar-refractivity contribution in [1.82, 2.24) is 0 Å². The quantitative estimate of drug-likeness (QED) is 0.0200. The molecule has 0 fully saturated rings. The number of unbranched alkanes of at least 4 members (excludes halogenated alkanes) is 13. The van der Waals surface area contributed by atoms with Gasteiger partial charge in [-0.05, 0) is 76.2 Å². The lowest BCUT2D eigenvalue weighted by atomic mass is 9.90. The van der Waals surface area contributed by atoms with Gasteiger partial charge in [0.2, 0.25) is 0 Å². The summed E-state index contributed by atoms with van der Waals surface area (Å²) >= 11 is 0. The van der Waals surface area contributed by atoms with Crippen molar-refractivity contribution in [1.29, 1.82) is 0 Å². The molecule has 0 radical (unpaired) electrons. The standard InChI is InChI=1S/C46H77O12P/c1-3-5-7-8-9-10-11-12-13-14-15-16-17-18-19-20-26-30-46(52)58-42(38-57-59(53,54)56-36-41(49)35-47)37-55-45(51)29-25-22-21-24-27-39-31-34-44(50)43(39)33-32-40(48)28-23-6-4-2/h9-10,12-13,21,24,31-34,39-43,47-49H,3-8,11,14-20,22-23,25-30,35-38H2,1-2H3,(H,53,54)/b10-9-,13-12-,24-21-,33-32+/t39-,40-,41-,42+,43+/m0/s1. The Kier molecular flexibility index (Phi) is 33.1. The first-order chi connectivity index (χ1) is 28.5. The fraction of sp³-hybridized carbons (Fsp3) is 0.717. The van der Waals surface area contributed by atoms with Crippen molar-refractivity contribution in [2.24, 2.45) is 11.8 Å². The fourth-order valence-electron chi connectivity index (χ4n) is 6.31. The normalized spacial score (nSPS) is 18.4. The highest BCUT2D eigenvalue weighted by molar-refractivity contribution is 7.47. The Morgan fingerprint density at radius 3 is 2.03 bits per heavy atom. The molecule has 0 spiro atoms. The Morgan fingerprint density at radius 1 is 0.746 bits per heavy atom. The zero-order valence-corrected chi connectivity index (χ0v) is 36.9. The van der Waals surface area contributed by atoms with Gasteiger partial charge in [-0.15, -0.1) is 0 Å². The molecule has 0 aromatic rings. The number of aliphatic hydroxyl groups excluding tert-OH is 3. The van der Waals surface area contributed by atoms with E-state index in [1.165, 1.54) is 32.1 Å². The van der Waals surface area contributed by atoms with Crippen molar-refractivity contribution in [2.75, 3.05) is 26.4 Å². The van der Waals surface area contributed by atoms with Crippen molar-refractivity contribution >= 4 is 25.5 Å². The second-order valence-electron chi connectivity index (χ2n) is 15.4. The van der Waals surface area contributed by atoms with E-state index in [2.05, 4.69) is 42.7 Å². The molecular weight excluding hydrogens is 775 g/mol. The van der Waals surface area contributed by atoms with Crippen molar-refractivity contribution < 1.29 is 57.7 Å². The molecular formula is C46H77O12P. The van der Waals surface area contributed by atoms with Crippen LogP contribution in [-0.4, -0.2) is 82.7 Å². The average molecular weight is 853 g/mol. The smallest absolute Gasteiger partial charge is 0.462 e. The third-order valence-electron chi connectivity index (χ3n) is 9.89. The van der Waals surface area contributed by atoms with Crippen LogP contribution < -0.4 is 0 Å². The van der Waals surface area contributed by atoms with Crippen LogP contribution in [0.4, 0.5) is 0 Å². The summed E-state index contributed by atoms with van der Waals surface area (Å²) in [7, 11) is -4.67. The Labute approximate surface area is 354 Å². The lowest BCUT2D eigenvalue weighted by Gasteiger charge is -2.20. The minimum Gasteiger partial charge on any atom is -0.462 e. The van der Waals surface area contributed by atoms with Crippen molar-refractivity contribution in [3.63, 3.8) is 0 Å². The Bertz CT molecular complexity index is 1310. The molecule has 0 saturated heterocycles. The number of aliphatic hydroxyl groups is 3. The van der Waals surface area contributed by atoms with E-state index in [-0.39, 0.29) is 30.5 Å². The number of ether oxygens (including phenoxy) is 2. The van der Waals surface area contributed by atoms with Crippen LogP contribution in [0.25, 0.3) is 0 Å². The van der Waals surface area contributed by atoms with Crippen molar-refractivity contribution in [3.05, 3.63) is 60.8 Å². The molecule has 0 saturated carbocycles. The van der Waals surface area contributed by atoms with Gasteiger partial charge in [0.15, 0.2) is 11.9 Å². The largest absolute Gasteiger partial charge is 0.472 e. The highest BCUT2D eigenvalue weighted by atomic mass is 31.2. The second kappa shape index (κ2) is 36.0. The monoisotopic (exact) mass is 853 g/mol. The van der Waals surface area contributed by atoms with Crippen LogP contribution in [0.1, 0.15) is 155 Å².